The number of amides is 1. The number of fused-ring (bicyclic) bond motifs is 1. The highest BCUT2D eigenvalue weighted by Gasteiger charge is 2.30. The third-order valence-electron chi connectivity index (χ3n) is 3.82. The van der Waals surface area contributed by atoms with Crippen molar-refractivity contribution in [2.24, 2.45) is 0 Å². The Hall–Kier alpha value is -2.93. The molecule has 0 aliphatic carbocycles. The van der Waals surface area contributed by atoms with E-state index in [1.165, 1.54) is 4.68 Å². The van der Waals surface area contributed by atoms with Gasteiger partial charge in [0.25, 0.3) is 5.91 Å². The molecule has 1 aliphatic rings. The Morgan fingerprint density at radius 1 is 1.32 bits per heavy atom. The van der Waals surface area contributed by atoms with Gasteiger partial charge >= 0.3 is 0 Å². The first-order valence-corrected chi connectivity index (χ1v) is 8.11. The highest BCUT2D eigenvalue weighted by atomic mass is 35.5. The topological polar surface area (TPSA) is 73.1 Å². The van der Waals surface area contributed by atoms with Crippen molar-refractivity contribution in [1.29, 1.82) is 0 Å². The van der Waals surface area contributed by atoms with Crippen LogP contribution in [0, 0.1) is 0 Å². The molecular formula is C17H14ClN5O2. The van der Waals surface area contributed by atoms with Crippen LogP contribution in [0.1, 0.15) is 17.4 Å². The predicted octanol–water partition coefficient (Wildman–Crippen LogP) is 2.74. The zero-order valence-electron chi connectivity index (χ0n) is 13.3. The van der Waals surface area contributed by atoms with E-state index >= 15 is 0 Å². The Bertz CT molecular complexity index is 942. The minimum atomic E-state index is -0.252. The van der Waals surface area contributed by atoms with Gasteiger partial charge in [0.05, 0.1) is 18.4 Å². The van der Waals surface area contributed by atoms with Crippen LogP contribution in [0.4, 0.5) is 5.69 Å². The van der Waals surface area contributed by atoms with Gasteiger partial charge in [-0.3, -0.25) is 9.69 Å². The molecule has 1 aliphatic heterocycles. The van der Waals surface area contributed by atoms with E-state index in [0.717, 1.165) is 5.69 Å². The van der Waals surface area contributed by atoms with E-state index in [-0.39, 0.29) is 17.7 Å². The molecule has 3 aromatic rings. The van der Waals surface area contributed by atoms with Gasteiger partial charge in [-0.05, 0) is 37.3 Å². The Balaban J connectivity index is 1.66. The monoisotopic (exact) mass is 355 g/mol. The highest BCUT2D eigenvalue weighted by molar-refractivity contribution is 6.30. The molecule has 0 saturated heterocycles. The van der Waals surface area contributed by atoms with Crippen molar-refractivity contribution in [3.63, 3.8) is 0 Å². The smallest absolute Gasteiger partial charge is 0.280 e. The first-order valence-electron chi connectivity index (χ1n) is 7.73. The summed E-state index contributed by atoms with van der Waals surface area (Å²) in [6.07, 6.45) is 3.06. The van der Waals surface area contributed by atoms with Crippen molar-refractivity contribution in [3.8, 4) is 11.6 Å². The molecule has 1 unspecified atom stereocenters. The van der Waals surface area contributed by atoms with Crippen molar-refractivity contribution < 1.29 is 9.53 Å². The summed E-state index contributed by atoms with van der Waals surface area (Å²) in [7, 11) is 0. The highest BCUT2D eigenvalue weighted by Crippen LogP contribution is 2.31. The average Bonchev–Trinajstić information content (AvgIpc) is 3.10. The number of hydrogen-bond donors (Lipinski definition) is 0. The molecule has 0 bridgehead atoms. The number of pyridine rings is 1. The van der Waals surface area contributed by atoms with Crippen LogP contribution in [-0.2, 0) is 0 Å². The van der Waals surface area contributed by atoms with Gasteiger partial charge in [-0.25, -0.2) is 9.67 Å². The molecule has 7 nitrogen and oxygen atoms in total. The number of rotatable bonds is 2. The first kappa shape index (κ1) is 15.6. The van der Waals surface area contributed by atoms with Crippen LogP contribution in [0.25, 0.3) is 5.69 Å². The van der Waals surface area contributed by atoms with Crippen LogP contribution in [0.3, 0.4) is 0 Å². The molecule has 0 radical (unpaired) electrons. The summed E-state index contributed by atoms with van der Waals surface area (Å²) in [5, 5.41) is 8.63. The molecule has 3 heterocycles. The molecule has 1 amide bonds. The number of ether oxygens (including phenoxy) is 1. The Morgan fingerprint density at radius 2 is 2.20 bits per heavy atom. The van der Waals surface area contributed by atoms with Gasteiger partial charge in [-0.1, -0.05) is 22.9 Å². The lowest BCUT2D eigenvalue weighted by molar-refractivity contribution is 0.0954. The molecule has 0 saturated carbocycles. The van der Waals surface area contributed by atoms with E-state index in [0.29, 0.717) is 23.1 Å². The minimum Gasteiger partial charge on any atom is -0.471 e. The van der Waals surface area contributed by atoms with Crippen LogP contribution >= 0.6 is 11.6 Å². The Morgan fingerprint density at radius 3 is 3.04 bits per heavy atom. The summed E-state index contributed by atoms with van der Waals surface area (Å²) in [5.74, 6) is 0.189. The fourth-order valence-corrected chi connectivity index (χ4v) is 2.88. The van der Waals surface area contributed by atoms with Gasteiger partial charge in [0.1, 0.15) is 11.8 Å². The summed E-state index contributed by atoms with van der Waals surface area (Å²) in [5.41, 5.74) is 1.60. The lowest BCUT2D eigenvalue weighted by Crippen LogP contribution is -2.42. The maximum atomic E-state index is 12.9. The fraction of sp³-hybridized carbons (Fsp3) is 0.176. The predicted molar refractivity (Wildman–Crippen MR) is 92.4 cm³/mol. The molecule has 1 atom stereocenters. The van der Waals surface area contributed by atoms with Gasteiger partial charge < -0.3 is 4.74 Å². The van der Waals surface area contributed by atoms with Gasteiger partial charge in [0.2, 0.25) is 5.88 Å². The van der Waals surface area contributed by atoms with Crippen LogP contribution in [0.5, 0.6) is 5.88 Å². The summed E-state index contributed by atoms with van der Waals surface area (Å²) in [6.45, 7) is 2.31. The molecule has 1 aromatic carbocycles. The van der Waals surface area contributed by atoms with E-state index in [2.05, 4.69) is 15.3 Å². The van der Waals surface area contributed by atoms with Crippen LogP contribution < -0.4 is 9.64 Å². The van der Waals surface area contributed by atoms with Crippen molar-refractivity contribution in [2.45, 2.75) is 13.0 Å². The fourth-order valence-electron chi connectivity index (χ4n) is 2.70. The van der Waals surface area contributed by atoms with Crippen molar-refractivity contribution in [1.82, 2.24) is 20.0 Å². The van der Waals surface area contributed by atoms with E-state index in [4.69, 9.17) is 16.3 Å². The number of aromatic nitrogens is 4. The summed E-state index contributed by atoms with van der Waals surface area (Å²) >= 11 is 6.00. The molecule has 2 aromatic heterocycles. The van der Waals surface area contributed by atoms with Gasteiger partial charge in [0.15, 0.2) is 5.69 Å². The lowest BCUT2D eigenvalue weighted by Gasteiger charge is -2.31. The largest absolute Gasteiger partial charge is 0.471 e. The molecule has 0 N–H and O–H groups in total. The molecule has 25 heavy (non-hydrogen) atoms. The Kier molecular flexibility index (Phi) is 3.85. The minimum absolute atomic E-state index is 0.158. The third kappa shape index (κ3) is 2.94. The van der Waals surface area contributed by atoms with Crippen molar-refractivity contribution in [2.75, 3.05) is 11.4 Å². The summed E-state index contributed by atoms with van der Waals surface area (Å²) in [4.78, 5) is 18.7. The average molecular weight is 356 g/mol. The SMILES string of the molecule is CC1CN(C(=O)c2cn(-c3cccc(Cl)c3)nn2)c2cccnc2O1. The molecule has 126 valence electrons. The maximum Gasteiger partial charge on any atom is 0.280 e. The van der Waals surface area contributed by atoms with E-state index in [9.17, 15) is 4.79 Å². The molecule has 0 fully saturated rings. The standard InChI is InChI=1S/C17H14ClN5O2/c1-11-9-22(15-6-3-7-19-16(15)25-11)17(24)14-10-23(21-20-14)13-5-2-4-12(18)8-13/h2-8,10-11H,9H2,1H3. The zero-order valence-corrected chi connectivity index (χ0v) is 14.1. The third-order valence-corrected chi connectivity index (χ3v) is 4.06. The number of halogens is 1. The second kappa shape index (κ2) is 6.18. The van der Waals surface area contributed by atoms with Crippen LogP contribution in [0.15, 0.2) is 48.8 Å². The number of hydrogen-bond acceptors (Lipinski definition) is 5. The Labute approximate surface area is 148 Å². The van der Waals surface area contributed by atoms with Gasteiger partial charge in [0, 0.05) is 11.2 Å². The van der Waals surface area contributed by atoms with Crippen LogP contribution in [0.2, 0.25) is 5.02 Å². The number of carbonyl (C=O) groups excluding carboxylic acids is 1. The van der Waals surface area contributed by atoms with Gasteiger partial charge in [-0.15, -0.1) is 5.10 Å². The summed E-state index contributed by atoms with van der Waals surface area (Å²) in [6, 6.07) is 10.7. The van der Waals surface area contributed by atoms with E-state index in [1.54, 1.807) is 41.6 Å². The van der Waals surface area contributed by atoms with E-state index < -0.39 is 0 Å². The maximum absolute atomic E-state index is 12.9. The summed E-state index contributed by atoms with van der Waals surface area (Å²) < 4.78 is 7.20. The molecule has 8 heteroatoms. The van der Waals surface area contributed by atoms with E-state index in [1.807, 2.05) is 19.1 Å². The van der Waals surface area contributed by atoms with Crippen molar-refractivity contribution in [3.05, 3.63) is 59.5 Å². The number of benzene rings is 1. The molecular weight excluding hydrogens is 342 g/mol. The molecule has 0 spiro atoms. The normalized spacial score (nSPS) is 16.2. The lowest BCUT2D eigenvalue weighted by atomic mass is 10.2. The number of anilines is 1. The van der Waals surface area contributed by atoms with Crippen molar-refractivity contribution >= 4 is 23.2 Å². The number of carbonyl (C=O) groups is 1. The van der Waals surface area contributed by atoms with Gasteiger partial charge in [-0.2, -0.15) is 0 Å². The second-order valence-corrected chi connectivity index (χ2v) is 6.14. The number of nitrogens with zero attached hydrogens (tertiary/aromatic N) is 5. The first-order chi connectivity index (χ1) is 12.1. The quantitative estimate of drug-likeness (QED) is 0.706. The second-order valence-electron chi connectivity index (χ2n) is 5.70. The zero-order chi connectivity index (χ0) is 17.4. The van der Waals surface area contributed by atoms with Crippen LogP contribution in [-0.4, -0.2) is 38.5 Å². The molecule has 4 rings (SSSR count).